The van der Waals surface area contributed by atoms with Gasteiger partial charge in [-0.05, 0) is 47.7 Å². The molecule has 31 heavy (non-hydrogen) atoms. The highest BCUT2D eigenvalue weighted by atomic mass is 79.9. The van der Waals surface area contributed by atoms with Gasteiger partial charge in [0, 0.05) is 20.6 Å². The van der Waals surface area contributed by atoms with E-state index in [1.165, 1.54) is 4.90 Å². The van der Waals surface area contributed by atoms with Crippen LogP contribution < -0.4 is 4.74 Å². The van der Waals surface area contributed by atoms with Gasteiger partial charge in [-0.25, -0.2) is 0 Å². The Balaban J connectivity index is 1.56. The molecule has 1 aliphatic rings. The van der Waals surface area contributed by atoms with Gasteiger partial charge in [-0.3, -0.25) is 14.5 Å². The maximum Gasteiger partial charge on any atom is 0.293 e. The number of benzene rings is 3. The van der Waals surface area contributed by atoms with Crippen LogP contribution in [-0.4, -0.2) is 16.0 Å². The Labute approximate surface area is 198 Å². The van der Waals surface area contributed by atoms with Crippen LogP contribution in [0.3, 0.4) is 0 Å². The van der Waals surface area contributed by atoms with Crippen molar-refractivity contribution in [2.45, 2.75) is 13.2 Å². The second kappa shape index (κ2) is 9.73. The lowest BCUT2D eigenvalue weighted by atomic mass is 10.1. The summed E-state index contributed by atoms with van der Waals surface area (Å²) in [6, 6.07) is 22.5. The number of hydrogen-bond donors (Lipinski definition) is 0. The highest BCUT2D eigenvalue weighted by Crippen LogP contribution is 2.36. The first kappa shape index (κ1) is 21.7. The average Bonchev–Trinajstić information content (AvgIpc) is 3.02. The molecule has 0 atom stereocenters. The van der Waals surface area contributed by atoms with E-state index in [9.17, 15) is 9.59 Å². The first-order valence-electron chi connectivity index (χ1n) is 9.46. The monoisotopic (exact) mass is 513 g/mol. The minimum absolute atomic E-state index is 0.247. The standard InChI is InChI=1S/C24H17BrClNO3S/c25-19-10-11-21(30-15-17-8-4-5-9-20(17)26)18(12-19)13-22-23(28)27(24(29)31-22)14-16-6-2-1-3-7-16/h1-13H,14-15H2/b22-13+. The normalized spacial score (nSPS) is 15.0. The number of carbonyl (C=O) groups excluding carboxylic acids is 2. The van der Waals surface area contributed by atoms with Gasteiger partial charge in [0.15, 0.2) is 0 Å². The minimum atomic E-state index is -0.309. The lowest BCUT2D eigenvalue weighted by Gasteiger charge is -2.12. The third kappa shape index (κ3) is 5.21. The van der Waals surface area contributed by atoms with E-state index in [0.29, 0.717) is 21.2 Å². The van der Waals surface area contributed by atoms with E-state index in [0.717, 1.165) is 27.4 Å². The van der Waals surface area contributed by atoms with E-state index in [2.05, 4.69) is 15.9 Å². The van der Waals surface area contributed by atoms with Crippen molar-refractivity contribution in [3.8, 4) is 5.75 Å². The summed E-state index contributed by atoms with van der Waals surface area (Å²) < 4.78 is 6.83. The van der Waals surface area contributed by atoms with Crippen molar-refractivity contribution < 1.29 is 14.3 Å². The Morgan fingerprint density at radius 1 is 1.00 bits per heavy atom. The zero-order valence-electron chi connectivity index (χ0n) is 16.3. The van der Waals surface area contributed by atoms with Crippen molar-refractivity contribution >= 4 is 56.5 Å². The number of thioether (sulfide) groups is 1. The van der Waals surface area contributed by atoms with Crippen LogP contribution in [0.25, 0.3) is 6.08 Å². The highest BCUT2D eigenvalue weighted by Gasteiger charge is 2.35. The first-order valence-corrected chi connectivity index (χ1v) is 11.4. The van der Waals surface area contributed by atoms with E-state index in [1.807, 2.05) is 72.8 Å². The summed E-state index contributed by atoms with van der Waals surface area (Å²) in [5, 5.41) is 0.344. The second-order valence-corrected chi connectivity index (χ2v) is 9.13. The predicted molar refractivity (Wildman–Crippen MR) is 128 cm³/mol. The molecular formula is C24H17BrClNO3S. The van der Waals surface area contributed by atoms with Crippen LogP contribution >= 0.6 is 39.3 Å². The molecule has 0 unspecified atom stereocenters. The molecule has 7 heteroatoms. The van der Waals surface area contributed by atoms with Crippen molar-refractivity contribution in [3.05, 3.63) is 104 Å². The van der Waals surface area contributed by atoms with Gasteiger partial charge in [0.25, 0.3) is 11.1 Å². The van der Waals surface area contributed by atoms with Gasteiger partial charge in [0.05, 0.1) is 11.4 Å². The molecule has 4 nitrogen and oxygen atoms in total. The molecule has 156 valence electrons. The largest absolute Gasteiger partial charge is 0.488 e. The van der Waals surface area contributed by atoms with Gasteiger partial charge in [0.2, 0.25) is 0 Å². The number of rotatable bonds is 6. The highest BCUT2D eigenvalue weighted by molar-refractivity contribution is 9.10. The molecular weight excluding hydrogens is 498 g/mol. The molecule has 4 rings (SSSR count). The van der Waals surface area contributed by atoms with E-state index in [4.69, 9.17) is 16.3 Å². The molecule has 1 fully saturated rings. The maximum atomic E-state index is 12.9. The molecule has 0 aromatic heterocycles. The number of halogens is 2. The topological polar surface area (TPSA) is 46.6 Å². The van der Waals surface area contributed by atoms with Crippen LogP contribution in [0.5, 0.6) is 5.75 Å². The van der Waals surface area contributed by atoms with Gasteiger partial charge in [0.1, 0.15) is 12.4 Å². The van der Waals surface area contributed by atoms with Crippen LogP contribution in [0.4, 0.5) is 4.79 Å². The van der Waals surface area contributed by atoms with E-state index < -0.39 is 0 Å². The Hall–Kier alpha value is -2.54. The molecule has 3 aromatic carbocycles. The summed E-state index contributed by atoms with van der Waals surface area (Å²) in [6.07, 6.45) is 1.70. The van der Waals surface area contributed by atoms with Crippen molar-refractivity contribution in [3.63, 3.8) is 0 Å². The smallest absolute Gasteiger partial charge is 0.293 e. The molecule has 0 radical (unpaired) electrons. The number of imide groups is 1. The van der Waals surface area contributed by atoms with Gasteiger partial charge in [-0.1, -0.05) is 76.1 Å². The summed E-state index contributed by atoms with van der Waals surface area (Å²) in [6.45, 7) is 0.537. The Bertz CT molecular complexity index is 1170. The number of nitrogens with zero attached hydrogens (tertiary/aromatic N) is 1. The molecule has 0 bridgehead atoms. The van der Waals surface area contributed by atoms with Crippen LogP contribution in [0, 0.1) is 0 Å². The fourth-order valence-corrected chi connectivity index (χ4v) is 4.48. The van der Waals surface area contributed by atoms with Gasteiger partial charge < -0.3 is 4.74 Å². The minimum Gasteiger partial charge on any atom is -0.488 e. The SMILES string of the molecule is O=C1S/C(=C/c2cc(Br)ccc2OCc2ccccc2Cl)C(=O)N1Cc1ccccc1. The van der Waals surface area contributed by atoms with E-state index >= 15 is 0 Å². The number of amides is 2. The third-order valence-electron chi connectivity index (χ3n) is 4.66. The fourth-order valence-electron chi connectivity index (χ4n) is 3.08. The second-order valence-electron chi connectivity index (χ2n) is 6.82. The number of carbonyl (C=O) groups is 2. The average molecular weight is 515 g/mol. The first-order chi connectivity index (χ1) is 15.0. The van der Waals surface area contributed by atoms with Crippen molar-refractivity contribution in [2.75, 3.05) is 0 Å². The third-order valence-corrected chi connectivity index (χ3v) is 6.43. The molecule has 1 saturated heterocycles. The quantitative estimate of drug-likeness (QED) is 0.335. The van der Waals surface area contributed by atoms with Crippen LogP contribution in [0.15, 0.2) is 82.2 Å². The number of hydrogen-bond acceptors (Lipinski definition) is 4. The van der Waals surface area contributed by atoms with Crippen LogP contribution in [0.1, 0.15) is 16.7 Å². The Morgan fingerprint density at radius 2 is 1.74 bits per heavy atom. The molecule has 1 aliphatic heterocycles. The summed E-state index contributed by atoms with van der Waals surface area (Å²) in [4.78, 5) is 27.0. The lowest BCUT2D eigenvalue weighted by molar-refractivity contribution is -0.123. The fraction of sp³-hybridized carbons (Fsp3) is 0.0833. The molecule has 0 N–H and O–H groups in total. The van der Waals surface area contributed by atoms with Crippen molar-refractivity contribution in [1.29, 1.82) is 0 Å². The summed E-state index contributed by atoms with van der Waals surface area (Å²) in [7, 11) is 0. The Kier molecular flexibility index (Phi) is 6.80. The molecule has 0 spiro atoms. The zero-order chi connectivity index (χ0) is 21.8. The zero-order valence-corrected chi connectivity index (χ0v) is 19.4. The van der Waals surface area contributed by atoms with Crippen molar-refractivity contribution in [2.24, 2.45) is 0 Å². The van der Waals surface area contributed by atoms with Crippen molar-refractivity contribution in [1.82, 2.24) is 4.90 Å². The number of ether oxygens (including phenoxy) is 1. The summed E-state index contributed by atoms with van der Waals surface area (Å²) >= 11 is 10.6. The van der Waals surface area contributed by atoms with Crippen LogP contribution in [0.2, 0.25) is 5.02 Å². The Morgan fingerprint density at radius 3 is 2.52 bits per heavy atom. The lowest BCUT2D eigenvalue weighted by Crippen LogP contribution is -2.27. The van der Waals surface area contributed by atoms with Gasteiger partial charge in [-0.2, -0.15) is 0 Å². The molecule has 2 amide bonds. The molecule has 0 aliphatic carbocycles. The predicted octanol–water partition coefficient (Wildman–Crippen LogP) is 6.92. The summed E-state index contributed by atoms with van der Waals surface area (Å²) in [5.74, 6) is 0.286. The maximum absolute atomic E-state index is 12.9. The van der Waals surface area contributed by atoms with E-state index in [-0.39, 0.29) is 24.3 Å². The van der Waals surface area contributed by atoms with E-state index in [1.54, 1.807) is 6.08 Å². The van der Waals surface area contributed by atoms with Gasteiger partial charge in [-0.15, -0.1) is 0 Å². The van der Waals surface area contributed by atoms with Gasteiger partial charge >= 0.3 is 0 Å². The molecule has 3 aromatic rings. The molecule has 1 heterocycles. The summed E-state index contributed by atoms with van der Waals surface area (Å²) in [5.41, 5.74) is 2.46. The molecule has 0 saturated carbocycles. The van der Waals surface area contributed by atoms with Crippen LogP contribution in [-0.2, 0) is 17.9 Å².